The molecule has 0 aliphatic heterocycles. The molecule has 40 nitrogen and oxygen atoms in total. The second-order valence-corrected chi connectivity index (χ2v) is 56.7. The van der Waals surface area contributed by atoms with Crippen LogP contribution < -0.4 is 18.6 Å². The van der Waals surface area contributed by atoms with E-state index in [1.807, 2.05) is 24.3 Å². The molecule has 0 radical (unpaired) electrons. The number of hydrogen-bond acceptors (Lipinski definition) is 29. The van der Waals surface area contributed by atoms with Crippen molar-refractivity contribution in [1.82, 2.24) is 0 Å². The van der Waals surface area contributed by atoms with Gasteiger partial charge >= 0.3 is 0 Å². The van der Waals surface area contributed by atoms with Crippen LogP contribution in [0.4, 0.5) is 68.2 Å². The molecular weight excluding hydrogens is 1930 g/mol. The SMILES string of the molecule is CC(C)(C)[Si](C)(C)OCc1ccc(N)cc1.CCc1ccc(CO[Si](C)(C)C(C)(C)C)cc1.CN(c1ccc(CBr)cc1)S(=O)(=O)c1ccc([N+](=O)[O-])cc1[N+](=O)[O-].CN(c1ccc(CO)cc1)S(=O)(=O)c1ccc([N+](=O)[O-])cc1[N+](=O)[O-].CN(c1ccc(CO[Si](C)(C)C(C)(C)C)cc1)S(=O)(=O)c1ccc([N+](=O)[O-])cc1[N+](=O)[O-].O=[N+]([O-])c1ccc(S(=O)(=O)Cl)c([N+](=O)[O-])c1. The molecule has 49 heteroatoms. The zero-order valence-electron chi connectivity index (χ0n) is 75.1. The van der Waals surface area contributed by atoms with E-state index in [1.165, 1.54) is 62.1 Å². The summed E-state index contributed by atoms with van der Waals surface area (Å²) in [7, 11) is -13.8. The van der Waals surface area contributed by atoms with E-state index in [-0.39, 0.29) is 33.1 Å². The largest absolute Gasteiger partial charge is 0.413 e. The summed E-state index contributed by atoms with van der Waals surface area (Å²) < 4.78 is 120. The van der Waals surface area contributed by atoms with Gasteiger partial charge in [0.2, 0.25) is 0 Å². The van der Waals surface area contributed by atoms with Gasteiger partial charge in [0.15, 0.2) is 44.5 Å². The van der Waals surface area contributed by atoms with Crippen LogP contribution in [0.3, 0.4) is 0 Å². The Morgan fingerprint density at radius 2 is 0.565 bits per heavy atom. The van der Waals surface area contributed by atoms with Crippen LogP contribution in [0.15, 0.2) is 214 Å². The number of aryl methyl sites for hydroxylation is 1. The van der Waals surface area contributed by atoms with Gasteiger partial charge in [-0.25, -0.2) is 33.7 Å². The number of anilines is 4. The number of nitrogens with two attached hydrogens (primary N) is 1. The van der Waals surface area contributed by atoms with E-state index in [9.17, 15) is 115 Å². The van der Waals surface area contributed by atoms with Gasteiger partial charge < -0.3 is 24.1 Å². The Hall–Kier alpha value is -11.6. The van der Waals surface area contributed by atoms with Crippen LogP contribution in [-0.4, -0.2) is 124 Å². The Labute approximate surface area is 774 Å². The number of nitro benzene ring substituents is 8. The predicted molar refractivity (Wildman–Crippen MR) is 509 cm³/mol. The van der Waals surface area contributed by atoms with Crippen molar-refractivity contribution < 1.29 is 91.4 Å². The van der Waals surface area contributed by atoms with Crippen molar-refractivity contribution in [3.8, 4) is 0 Å². The summed E-state index contributed by atoms with van der Waals surface area (Å²) in [5.41, 5.74) is 7.67. The smallest absolute Gasteiger partial charge is 0.296 e. The molecule has 0 heterocycles. The number of rotatable bonds is 30. The Kier molecular flexibility index (Phi) is 39.2. The fourth-order valence-electron chi connectivity index (χ4n) is 10.1. The second kappa shape index (κ2) is 46.0. The topological polar surface area (TPSA) is 565 Å². The third kappa shape index (κ3) is 31.0. The molecule has 3 N–H and O–H groups in total. The van der Waals surface area contributed by atoms with Crippen LogP contribution >= 0.6 is 26.6 Å². The molecule has 0 fully saturated rings. The molecule has 710 valence electrons. The molecule has 0 unspecified atom stereocenters. The zero-order chi connectivity index (χ0) is 100. The van der Waals surface area contributed by atoms with E-state index < -0.39 is 169 Å². The lowest BCUT2D eigenvalue weighted by atomic mass is 10.1. The minimum absolute atomic E-state index is 0.0563. The summed E-state index contributed by atoms with van der Waals surface area (Å²) in [5, 5.41) is 97.2. The zero-order valence-corrected chi connectivity index (χ0v) is 83.7. The van der Waals surface area contributed by atoms with Crippen molar-refractivity contribution in [2.75, 3.05) is 39.8 Å². The molecular formula is C82H104BrClN12O28S4Si3. The minimum Gasteiger partial charge on any atom is -0.413 e. The number of aliphatic hydroxyl groups is 1. The number of nitrogen functional groups attached to an aromatic ring is 1. The first-order valence-corrected chi connectivity index (χ1v) is 55.5. The van der Waals surface area contributed by atoms with E-state index in [0.29, 0.717) is 54.1 Å². The standard InChI is InChI=1S/C20H27N3O7SSi.C15H26OSi.C14H12BrN3O6S.C14H13N3O7S.C13H23NOSi.C6H3ClN2O6S/c1-20(2,3)32(5,6)30-14-15-7-9-16(10-8-15)21(4)31(28,29)19-12-11-17(22(24)25)13-18(19)23(26)27;1-7-13-8-10-14(11-9-13)12-16-17(5,6)15(2,3)4;1-16(11-4-2-10(9-15)3-5-11)25(23,24)14-7-6-12(17(19)20)8-13(14)18(21)22;1-15(11-4-2-10(9-18)3-5-11)25(23,24)14-7-6-12(16(19)20)8-13(14)17(21)22;1-13(2,3)16(4,5)15-10-11-6-8-12(14)9-7-11;7-16(14,15)6-2-1-4(8(10)11)3-5(6)9(12)13/h7-13H,14H2,1-6H3;8-11H,7,12H2,1-6H3;2-8H,9H2,1H3;2-8,18H,9H2,1H3;6-9H,10,14H2,1-5H3;1-3H. The second-order valence-electron chi connectivity index (χ2n) is 33.4. The molecule has 131 heavy (non-hydrogen) atoms. The third-order valence-corrected chi connectivity index (χ3v) is 42.4. The van der Waals surface area contributed by atoms with Crippen molar-refractivity contribution in [2.24, 2.45) is 0 Å². The van der Waals surface area contributed by atoms with E-state index in [1.54, 1.807) is 48.5 Å². The number of sulfonamides is 3. The van der Waals surface area contributed by atoms with E-state index in [4.69, 9.17) is 34.8 Å². The molecule has 9 aromatic rings. The minimum atomic E-state index is -4.33. The molecule has 0 saturated heterocycles. The van der Waals surface area contributed by atoms with Crippen molar-refractivity contribution in [3.63, 3.8) is 0 Å². The molecule has 0 aromatic heterocycles. The van der Waals surface area contributed by atoms with Crippen molar-refractivity contribution in [2.45, 2.75) is 181 Å². The number of non-ortho nitro benzene ring substituents is 4. The molecule has 9 aromatic carbocycles. The van der Waals surface area contributed by atoms with Gasteiger partial charge in [-0.3, -0.25) is 93.8 Å². The van der Waals surface area contributed by atoms with Crippen LogP contribution in [0.2, 0.25) is 54.4 Å². The Morgan fingerprint density at radius 1 is 0.351 bits per heavy atom. The highest BCUT2D eigenvalue weighted by Gasteiger charge is 2.41. The maximum absolute atomic E-state index is 13.0. The van der Waals surface area contributed by atoms with Crippen LogP contribution in [0, 0.1) is 80.9 Å². The van der Waals surface area contributed by atoms with Gasteiger partial charge in [0.05, 0.1) is 107 Å². The molecule has 0 atom stereocenters. The molecule has 0 saturated carbocycles. The highest BCUT2D eigenvalue weighted by Crippen LogP contribution is 2.42. The number of hydrogen-bond donors (Lipinski definition) is 2. The van der Waals surface area contributed by atoms with Crippen LogP contribution in [0.25, 0.3) is 0 Å². The maximum Gasteiger partial charge on any atom is 0.296 e. The fraction of sp³-hybridized carbons (Fsp3) is 0.341. The number of aliphatic hydroxyl groups excluding tert-OH is 1. The fourth-order valence-corrected chi connectivity index (χ4v) is 18.4. The first-order chi connectivity index (χ1) is 60.1. The predicted octanol–water partition coefficient (Wildman–Crippen LogP) is 19.9. The number of alkyl halides is 1. The molecule has 0 amide bonds. The van der Waals surface area contributed by atoms with E-state index in [0.717, 1.165) is 91.3 Å². The molecule has 9 rings (SSSR count). The van der Waals surface area contributed by atoms with Crippen LogP contribution in [-0.2, 0) is 90.6 Å². The van der Waals surface area contributed by atoms with Crippen molar-refractivity contribution >= 4 is 159 Å². The van der Waals surface area contributed by atoms with E-state index in [2.05, 4.69) is 149 Å². The van der Waals surface area contributed by atoms with Gasteiger partial charge in [-0.05, 0) is 167 Å². The van der Waals surface area contributed by atoms with Gasteiger partial charge in [-0.2, -0.15) is 0 Å². The van der Waals surface area contributed by atoms with Crippen molar-refractivity contribution in [1.29, 1.82) is 0 Å². The summed E-state index contributed by atoms with van der Waals surface area (Å²) in [6, 6.07) is 45.0. The lowest BCUT2D eigenvalue weighted by Gasteiger charge is -2.36. The van der Waals surface area contributed by atoms with Gasteiger partial charge in [0.1, 0.15) is 0 Å². The quantitative estimate of drug-likeness (QED) is 0.0105. The first-order valence-electron chi connectivity index (χ1n) is 39.1. The van der Waals surface area contributed by atoms with Gasteiger partial charge in [0.25, 0.3) is 84.6 Å². The molecule has 0 aliphatic carbocycles. The summed E-state index contributed by atoms with van der Waals surface area (Å²) >= 11 is 3.28. The summed E-state index contributed by atoms with van der Waals surface area (Å²) in [4.78, 5) is 77.0. The van der Waals surface area contributed by atoms with Gasteiger partial charge in [-0.1, -0.05) is 158 Å². The van der Waals surface area contributed by atoms with Crippen LogP contribution in [0.1, 0.15) is 103 Å². The number of halogens is 2. The Balaban J connectivity index is 0.000000335. The van der Waals surface area contributed by atoms with Gasteiger partial charge in [0, 0.05) is 67.1 Å². The Bertz CT molecular complexity index is 5950. The first kappa shape index (κ1) is 112. The number of nitro groups is 8. The third-order valence-electron chi connectivity index (χ3n) is 21.4. The molecule has 0 spiro atoms. The summed E-state index contributed by atoms with van der Waals surface area (Å²) in [6.07, 6.45) is 1.10. The Morgan fingerprint density at radius 3 is 0.779 bits per heavy atom. The van der Waals surface area contributed by atoms with E-state index >= 15 is 0 Å². The normalized spacial score (nSPS) is 11.9. The highest BCUT2D eigenvalue weighted by molar-refractivity contribution is 9.08. The summed E-state index contributed by atoms with van der Waals surface area (Å²) in [6.45, 7) is 37.2. The van der Waals surface area contributed by atoms with Gasteiger partial charge in [-0.15, -0.1) is 0 Å². The number of benzene rings is 9. The maximum atomic E-state index is 13.0. The number of nitrogens with zero attached hydrogens (tertiary/aromatic N) is 11. The van der Waals surface area contributed by atoms with Crippen molar-refractivity contribution in [3.05, 3.63) is 308 Å². The molecule has 0 aliphatic rings. The molecule has 0 bridgehead atoms. The highest BCUT2D eigenvalue weighted by atomic mass is 79.9. The van der Waals surface area contributed by atoms with Crippen LogP contribution in [0.5, 0.6) is 0 Å². The average Bonchev–Trinajstić information content (AvgIpc) is 0.779. The summed E-state index contributed by atoms with van der Waals surface area (Å²) in [5.74, 6) is 0. The average molecular weight is 2030 g/mol. The lowest BCUT2D eigenvalue weighted by Crippen LogP contribution is -2.40. The monoisotopic (exact) mass is 2030 g/mol. The lowest BCUT2D eigenvalue weighted by molar-refractivity contribution is -0.396.